The lowest BCUT2D eigenvalue weighted by molar-refractivity contribution is 0.362. The van der Waals surface area contributed by atoms with Gasteiger partial charge in [0.1, 0.15) is 11.5 Å². The lowest BCUT2D eigenvalue weighted by Crippen LogP contribution is -2.35. The highest BCUT2D eigenvalue weighted by molar-refractivity contribution is 5.68. The van der Waals surface area contributed by atoms with E-state index in [4.69, 9.17) is 9.47 Å². The van der Waals surface area contributed by atoms with Crippen molar-refractivity contribution in [1.82, 2.24) is 4.90 Å². The van der Waals surface area contributed by atoms with Crippen molar-refractivity contribution in [1.29, 1.82) is 0 Å². The molecule has 4 heteroatoms. The maximum absolute atomic E-state index is 5.43. The molecule has 0 aliphatic carbocycles. The van der Waals surface area contributed by atoms with Crippen LogP contribution in [-0.4, -0.2) is 45.8 Å². The molecule has 0 spiro atoms. The van der Waals surface area contributed by atoms with Crippen molar-refractivity contribution in [3.05, 3.63) is 17.7 Å². The standard InChI is InChI=1S/C14H22N2O2/c1-16(2)9-10-5-6-11-12(17-3)7-8-13(18-4)14(11)15-10/h7-8,10,15H,5-6,9H2,1-4H3. The number of methoxy groups -OCH3 is 2. The first kappa shape index (κ1) is 13.0. The van der Waals surface area contributed by atoms with Gasteiger partial charge in [0.05, 0.1) is 19.9 Å². The van der Waals surface area contributed by atoms with Crippen LogP contribution in [0, 0.1) is 0 Å². The minimum absolute atomic E-state index is 0.466. The summed E-state index contributed by atoms with van der Waals surface area (Å²) in [6.45, 7) is 1.03. The van der Waals surface area contributed by atoms with Crippen LogP contribution in [0.1, 0.15) is 12.0 Å². The summed E-state index contributed by atoms with van der Waals surface area (Å²) in [5.41, 5.74) is 2.32. The van der Waals surface area contributed by atoms with E-state index in [9.17, 15) is 0 Å². The van der Waals surface area contributed by atoms with Gasteiger partial charge in [-0.2, -0.15) is 0 Å². The van der Waals surface area contributed by atoms with Gasteiger partial charge in [-0.25, -0.2) is 0 Å². The molecule has 0 fully saturated rings. The molecule has 1 aliphatic rings. The van der Waals surface area contributed by atoms with E-state index in [1.807, 2.05) is 12.1 Å². The van der Waals surface area contributed by atoms with Crippen LogP contribution in [0.4, 0.5) is 5.69 Å². The molecule has 1 aromatic carbocycles. The van der Waals surface area contributed by atoms with Gasteiger partial charge in [-0.3, -0.25) is 0 Å². The third-order valence-electron chi connectivity index (χ3n) is 3.35. The predicted octanol–water partition coefficient (Wildman–Crippen LogP) is 1.99. The van der Waals surface area contributed by atoms with Gasteiger partial charge in [-0.05, 0) is 39.1 Å². The Morgan fingerprint density at radius 1 is 1.22 bits per heavy atom. The molecule has 1 aliphatic heterocycles. The van der Waals surface area contributed by atoms with E-state index >= 15 is 0 Å². The van der Waals surface area contributed by atoms with Crippen LogP contribution < -0.4 is 14.8 Å². The first-order chi connectivity index (χ1) is 8.65. The Morgan fingerprint density at radius 3 is 2.50 bits per heavy atom. The van der Waals surface area contributed by atoms with E-state index in [1.165, 1.54) is 5.56 Å². The van der Waals surface area contributed by atoms with Crippen molar-refractivity contribution in [2.75, 3.05) is 40.2 Å². The molecule has 0 saturated carbocycles. The second-order valence-corrected chi connectivity index (χ2v) is 4.97. The fraction of sp³-hybridized carbons (Fsp3) is 0.571. The highest BCUT2D eigenvalue weighted by Gasteiger charge is 2.24. The van der Waals surface area contributed by atoms with Crippen LogP contribution in [0.25, 0.3) is 0 Å². The van der Waals surface area contributed by atoms with Gasteiger partial charge in [0, 0.05) is 18.2 Å². The average Bonchev–Trinajstić information content (AvgIpc) is 2.36. The van der Waals surface area contributed by atoms with Crippen molar-refractivity contribution >= 4 is 5.69 Å². The molecule has 0 amide bonds. The van der Waals surface area contributed by atoms with Crippen LogP contribution in [0.2, 0.25) is 0 Å². The smallest absolute Gasteiger partial charge is 0.142 e. The summed E-state index contributed by atoms with van der Waals surface area (Å²) >= 11 is 0. The molecule has 4 nitrogen and oxygen atoms in total. The van der Waals surface area contributed by atoms with Gasteiger partial charge in [0.15, 0.2) is 0 Å². The molecule has 1 N–H and O–H groups in total. The lowest BCUT2D eigenvalue weighted by Gasteiger charge is -2.31. The minimum atomic E-state index is 0.466. The number of benzene rings is 1. The number of likely N-dealkylation sites (N-methyl/N-ethyl adjacent to an activating group) is 1. The van der Waals surface area contributed by atoms with Crippen LogP contribution in [0.3, 0.4) is 0 Å². The van der Waals surface area contributed by atoms with E-state index in [0.29, 0.717) is 6.04 Å². The molecule has 0 radical (unpaired) electrons. The lowest BCUT2D eigenvalue weighted by atomic mass is 9.96. The second-order valence-electron chi connectivity index (χ2n) is 4.97. The van der Waals surface area contributed by atoms with Crippen LogP contribution in [0.15, 0.2) is 12.1 Å². The molecule has 1 heterocycles. The molecule has 0 saturated heterocycles. The number of anilines is 1. The van der Waals surface area contributed by atoms with E-state index in [1.54, 1.807) is 14.2 Å². The number of hydrogen-bond donors (Lipinski definition) is 1. The van der Waals surface area contributed by atoms with Gasteiger partial charge in [-0.15, -0.1) is 0 Å². The maximum atomic E-state index is 5.43. The molecule has 1 unspecified atom stereocenters. The van der Waals surface area contributed by atoms with E-state index in [-0.39, 0.29) is 0 Å². The van der Waals surface area contributed by atoms with Gasteiger partial charge < -0.3 is 19.7 Å². The van der Waals surface area contributed by atoms with Gasteiger partial charge in [-0.1, -0.05) is 0 Å². The van der Waals surface area contributed by atoms with E-state index in [2.05, 4.69) is 24.3 Å². The van der Waals surface area contributed by atoms with Crippen molar-refractivity contribution in [3.63, 3.8) is 0 Å². The molecule has 0 aromatic heterocycles. The molecular weight excluding hydrogens is 228 g/mol. The Balaban J connectivity index is 2.29. The maximum Gasteiger partial charge on any atom is 0.142 e. The Kier molecular flexibility index (Phi) is 3.97. The Morgan fingerprint density at radius 2 is 1.89 bits per heavy atom. The number of hydrogen-bond acceptors (Lipinski definition) is 4. The first-order valence-electron chi connectivity index (χ1n) is 6.30. The molecule has 2 rings (SSSR count). The summed E-state index contributed by atoms with van der Waals surface area (Å²) in [5.74, 6) is 1.84. The number of nitrogens with zero attached hydrogens (tertiary/aromatic N) is 1. The number of ether oxygens (including phenoxy) is 2. The largest absolute Gasteiger partial charge is 0.496 e. The number of rotatable bonds is 4. The van der Waals surface area contributed by atoms with Gasteiger partial charge in [0.25, 0.3) is 0 Å². The average molecular weight is 250 g/mol. The monoisotopic (exact) mass is 250 g/mol. The minimum Gasteiger partial charge on any atom is -0.496 e. The predicted molar refractivity (Wildman–Crippen MR) is 73.8 cm³/mol. The van der Waals surface area contributed by atoms with Crippen molar-refractivity contribution in [3.8, 4) is 11.5 Å². The number of fused-ring (bicyclic) bond motifs is 1. The third-order valence-corrected chi connectivity index (χ3v) is 3.35. The van der Waals surface area contributed by atoms with E-state index < -0.39 is 0 Å². The Bertz CT molecular complexity index is 419. The Labute approximate surface area is 109 Å². The molecule has 100 valence electrons. The molecule has 1 atom stereocenters. The first-order valence-corrected chi connectivity index (χ1v) is 6.30. The molecular formula is C14H22N2O2. The van der Waals surface area contributed by atoms with Gasteiger partial charge in [0.2, 0.25) is 0 Å². The zero-order valence-electron chi connectivity index (χ0n) is 11.6. The SMILES string of the molecule is COc1ccc(OC)c2c1CCC(CN(C)C)N2. The highest BCUT2D eigenvalue weighted by Crippen LogP contribution is 2.39. The Hall–Kier alpha value is -1.42. The topological polar surface area (TPSA) is 33.7 Å². The van der Waals surface area contributed by atoms with E-state index in [0.717, 1.165) is 36.6 Å². The normalized spacial score (nSPS) is 18.2. The molecule has 18 heavy (non-hydrogen) atoms. The summed E-state index contributed by atoms with van der Waals surface area (Å²) in [6.07, 6.45) is 2.15. The van der Waals surface area contributed by atoms with Crippen LogP contribution in [0.5, 0.6) is 11.5 Å². The second kappa shape index (κ2) is 5.48. The summed E-state index contributed by atoms with van der Waals surface area (Å²) in [6, 6.07) is 4.41. The van der Waals surface area contributed by atoms with Crippen LogP contribution in [-0.2, 0) is 6.42 Å². The zero-order chi connectivity index (χ0) is 13.1. The third kappa shape index (κ3) is 2.53. The van der Waals surface area contributed by atoms with Crippen molar-refractivity contribution in [2.24, 2.45) is 0 Å². The van der Waals surface area contributed by atoms with Crippen molar-refractivity contribution in [2.45, 2.75) is 18.9 Å². The number of nitrogens with one attached hydrogen (secondary N) is 1. The fourth-order valence-electron chi connectivity index (χ4n) is 2.55. The summed E-state index contributed by atoms with van der Waals surface area (Å²) in [5, 5.41) is 3.58. The summed E-state index contributed by atoms with van der Waals surface area (Å²) < 4.78 is 10.9. The fourth-order valence-corrected chi connectivity index (χ4v) is 2.55. The zero-order valence-corrected chi connectivity index (χ0v) is 11.6. The van der Waals surface area contributed by atoms with Crippen molar-refractivity contribution < 1.29 is 9.47 Å². The summed E-state index contributed by atoms with van der Waals surface area (Å²) in [7, 11) is 7.62. The molecule has 1 aromatic rings. The molecule has 0 bridgehead atoms. The van der Waals surface area contributed by atoms with Crippen LogP contribution >= 0.6 is 0 Å². The summed E-state index contributed by atoms with van der Waals surface area (Å²) in [4.78, 5) is 2.20. The highest BCUT2D eigenvalue weighted by atomic mass is 16.5. The van der Waals surface area contributed by atoms with Gasteiger partial charge >= 0.3 is 0 Å². The quantitative estimate of drug-likeness (QED) is 0.886.